The van der Waals surface area contributed by atoms with E-state index < -0.39 is 0 Å². The molecule has 2 aromatic rings. The number of benzene rings is 2. The second-order valence-electron chi connectivity index (χ2n) is 5.91. The lowest BCUT2D eigenvalue weighted by Crippen LogP contribution is -2.29. The average Bonchev–Trinajstić information content (AvgIpc) is 2.56. The van der Waals surface area contributed by atoms with Gasteiger partial charge < -0.3 is 14.4 Å². The largest absolute Gasteiger partial charge is 0.489 e. The highest BCUT2D eigenvalue weighted by Gasteiger charge is 2.19. The topological polar surface area (TPSA) is 21.7 Å². The Morgan fingerprint density at radius 3 is 3.04 bits per heavy atom. The molecule has 1 aliphatic rings. The molecule has 0 radical (unpaired) electrons. The van der Waals surface area contributed by atoms with Crippen molar-refractivity contribution in [2.75, 3.05) is 24.7 Å². The highest BCUT2D eigenvalue weighted by atomic mass is 79.9. The summed E-state index contributed by atoms with van der Waals surface area (Å²) in [7, 11) is 0. The molecule has 24 heavy (non-hydrogen) atoms. The smallest absolute Gasteiger partial charge is 0.121 e. The van der Waals surface area contributed by atoms with Crippen LogP contribution in [0.15, 0.2) is 59.6 Å². The summed E-state index contributed by atoms with van der Waals surface area (Å²) < 4.78 is 12.7. The molecule has 0 N–H and O–H groups in total. The first-order valence-electron chi connectivity index (χ1n) is 8.18. The van der Waals surface area contributed by atoms with Gasteiger partial charge in [0.25, 0.3) is 0 Å². The van der Waals surface area contributed by atoms with Gasteiger partial charge in [-0.2, -0.15) is 0 Å². The van der Waals surface area contributed by atoms with Crippen molar-refractivity contribution in [3.8, 4) is 5.75 Å². The number of nitrogens with zero attached hydrogens (tertiary/aromatic N) is 1. The fourth-order valence-electron chi connectivity index (χ4n) is 2.98. The highest BCUT2D eigenvalue weighted by molar-refractivity contribution is 9.10. The van der Waals surface area contributed by atoms with Crippen molar-refractivity contribution in [1.29, 1.82) is 0 Å². The summed E-state index contributed by atoms with van der Waals surface area (Å²) in [6.45, 7) is 7.85. The minimum Gasteiger partial charge on any atom is -0.489 e. The molecule has 0 amide bonds. The minimum absolute atomic E-state index is 0.224. The number of halogens is 1. The van der Waals surface area contributed by atoms with Gasteiger partial charge in [-0.15, -0.1) is 0 Å². The average molecular weight is 388 g/mol. The number of ether oxygens (including phenoxy) is 2. The van der Waals surface area contributed by atoms with Gasteiger partial charge in [0.1, 0.15) is 12.4 Å². The number of fused-ring (bicyclic) bond motifs is 1. The Morgan fingerprint density at radius 1 is 1.33 bits per heavy atom. The molecular weight excluding hydrogens is 366 g/mol. The summed E-state index contributed by atoms with van der Waals surface area (Å²) >= 11 is 3.58. The molecule has 1 heterocycles. The molecular formula is C20H22BrNO2. The van der Waals surface area contributed by atoms with Crippen molar-refractivity contribution in [2.24, 2.45) is 0 Å². The summed E-state index contributed by atoms with van der Waals surface area (Å²) in [5, 5.41) is 0. The van der Waals surface area contributed by atoms with Gasteiger partial charge >= 0.3 is 0 Å². The van der Waals surface area contributed by atoms with Crippen LogP contribution in [0, 0.1) is 0 Å². The van der Waals surface area contributed by atoms with E-state index in [1.807, 2.05) is 12.1 Å². The number of anilines is 2. The van der Waals surface area contributed by atoms with E-state index in [0.717, 1.165) is 28.9 Å². The first kappa shape index (κ1) is 17.1. The third-order valence-corrected chi connectivity index (χ3v) is 4.55. The second-order valence-corrected chi connectivity index (χ2v) is 6.82. The van der Waals surface area contributed by atoms with E-state index >= 15 is 0 Å². The Labute approximate surface area is 152 Å². The lowest BCUT2D eigenvalue weighted by molar-refractivity contribution is 0.0703. The zero-order chi connectivity index (χ0) is 16.9. The Morgan fingerprint density at radius 2 is 2.21 bits per heavy atom. The molecule has 0 fully saturated rings. The van der Waals surface area contributed by atoms with Crippen LogP contribution >= 0.6 is 15.9 Å². The zero-order valence-electron chi connectivity index (χ0n) is 13.9. The predicted molar refractivity (Wildman–Crippen MR) is 102 cm³/mol. The molecule has 0 bridgehead atoms. The molecule has 2 aromatic carbocycles. The molecule has 0 saturated carbocycles. The van der Waals surface area contributed by atoms with Gasteiger partial charge in [0.2, 0.25) is 0 Å². The molecule has 0 aliphatic carbocycles. The second kappa shape index (κ2) is 7.86. The van der Waals surface area contributed by atoms with Gasteiger partial charge in [0, 0.05) is 34.9 Å². The maximum absolute atomic E-state index is 5.92. The standard InChI is InChI=1S/C20H22BrNO2/c1-3-10-24-19-6-4-5-18(14-19)22-9-11-23-15(2)12-16-13-17(21)7-8-20(16)22/h3-8,13-15H,1,9-12H2,2H3. The third kappa shape index (κ3) is 4.00. The van der Waals surface area contributed by atoms with Crippen molar-refractivity contribution in [1.82, 2.24) is 0 Å². The van der Waals surface area contributed by atoms with Crippen LogP contribution in [0.25, 0.3) is 0 Å². The first-order valence-corrected chi connectivity index (χ1v) is 8.98. The van der Waals surface area contributed by atoms with Crippen molar-refractivity contribution in [3.05, 3.63) is 65.2 Å². The van der Waals surface area contributed by atoms with Crippen molar-refractivity contribution >= 4 is 27.3 Å². The van der Waals surface area contributed by atoms with Gasteiger partial charge in [-0.1, -0.05) is 34.7 Å². The Kier molecular flexibility index (Phi) is 5.59. The zero-order valence-corrected chi connectivity index (χ0v) is 15.5. The van der Waals surface area contributed by atoms with Gasteiger partial charge in [-0.25, -0.2) is 0 Å². The lowest BCUT2D eigenvalue weighted by atomic mass is 10.0. The van der Waals surface area contributed by atoms with Crippen LogP contribution < -0.4 is 9.64 Å². The lowest BCUT2D eigenvalue weighted by Gasteiger charge is -2.31. The van der Waals surface area contributed by atoms with Crippen LogP contribution in [0.2, 0.25) is 0 Å². The molecule has 1 atom stereocenters. The van der Waals surface area contributed by atoms with E-state index in [4.69, 9.17) is 9.47 Å². The van der Waals surface area contributed by atoms with Crippen LogP contribution in [-0.4, -0.2) is 25.9 Å². The van der Waals surface area contributed by atoms with Crippen molar-refractivity contribution in [3.63, 3.8) is 0 Å². The number of hydrogen-bond donors (Lipinski definition) is 0. The molecule has 3 nitrogen and oxygen atoms in total. The Bertz CT molecular complexity index is 717. The monoisotopic (exact) mass is 387 g/mol. The fourth-order valence-corrected chi connectivity index (χ4v) is 3.39. The van der Waals surface area contributed by atoms with Gasteiger partial charge in [-0.3, -0.25) is 0 Å². The molecule has 126 valence electrons. The van der Waals surface area contributed by atoms with E-state index in [1.54, 1.807) is 6.08 Å². The molecule has 4 heteroatoms. The van der Waals surface area contributed by atoms with E-state index in [9.17, 15) is 0 Å². The van der Waals surface area contributed by atoms with Gasteiger partial charge in [-0.05, 0) is 42.8 Å². The van der Waals surface area contributed by atoms with E-state index in [0.29, 0.717) is 13.2 Å². The third-order valence-electron chi connectivity index (χ3n) is 4.05. The van der Waals surface area contributed by atoms with Gasteiger partial charge in [0.15, 0.2) is 0 Å². The summed E-state index contributed by atoms with van der Waals surface area (Å²) in [5.74, 6) is 0.849. The summed E-state index contributed by atoms with van der Waals surface area (Å²) in [5.41, 5.74) is 3.63. The predicted octanol–water partition coefficient (Wildman–Crippen LogP) is 5.11. The first-order chi connectivity index (χ1) is 11.7. The van der Waals surface area contributed by atoms with Crippen LogP contribution in [-0.2, 0) is 11.2 Å². The van der Waals surface area contributed by atoms with Crippen LogP contribution in [0.5, 0.6) is 5.75 Å². The quantitative estimate of drug-likeness (QED) is 0.680. The van der Waals surface area contributed by atoms with E-state index in [-0.39, 0.29) is 6.10 Å². The molecule has 0 spiro atoms. The molecule has 3 rings (SSSR count). The minimum atomic E-state index is 0.224. The number of hydrogen-bond acceptors (Lipinski definition) is 3. The summed E-state index contributed by atoms with van der Waals surface area (Å²) in [6, 6.07) is 14.6. The maximum atomic E-state index is 5.92. The molecule has 0 aromatic heterocycles. The fraction of sp³-hybridized carbons (Fsp3) is 0.300. The van der Waals surface area contributed by atoms with Crippen molar-refractivity contribution < 1.29 is 9.47 Å². The van der Waals surface area contributed by atoms with E-state index in [1.165, 1.54) is 11.3 Å². The van der Waals surface area contributed by atoms with Crippen molar-refractivity contribution in [2.45, 2.75) is 19.4 Å². The highest BCUT2D eigenvalue weighted by Crippen LogP contribution is 2.34. The van der Waals surface area contributed by atoms with Crippen LogP contribution in [0.1, 0.15) is 12.5 Å². The van der Waals surface area contributed by atoms with Crippen LogP contribution in [0.4, 0.5) is 11.4 Å². The Balaban J connectivity index is 1.98. The van der Waals surface area contributed by atoms with Crippen LogP contribution in [0.3, 0.4) is 0 Å². The normalized spacial score (nSPS) is 17.6. The molecule has 1 aliphatic heterocycles. The Hall–Kier alpha value is -1.78. The van der Waals surface area contributed by atoms with E-state index in [2.05, 4.69) is 64.7 Å². The maximum Gasteiger partial charge on any atom is 0.121 e. The number of rotatable bonds is 4. The summed E-state index contributed by atoms with van der Waals surface area (Å²) in [4.78, 5) is 2.30. The SMILES string of the molecule is C=CCOc1cccc(N2CCOC(C)Cc3cc(Br)ccc32)c1. The molecule has 0 saturated heterocycles. The van der Waals surface area contributed by atoms with Gasteiger partial charge in [0.05, 0.1) is 12.7 Å². The summed E-state index contributed by atoms with van der Waals surface area (Å²) in [6.07, 6.45) is 2.88. The molecule has 1 unspecified atom stereocenters.